The highest BCUT2D eigenvalue weighted by Gasteiger charge is 2.16. The molecule has 0 aromatic carbocycles. The van der Waals surface area contributed by atoms with E-state index in [9.17, 15) is 0 Å². The summed E-state index contributed by atoms with van der Waals surface area (Å²) in [5.74, 6) is 0. The summed E-state index contributed by atoms with van der Waals surface area (Å²) in [4.78, 5) is 13.3. The lowest BCUT2D eigenvalue weighted by Crippen LogP contribution is -2.45. The van der Waals surface area contributed by atoms with Crippen molar-refractivity contribution in [3.8, 4) is 0 Å². The average Bonchev–Trinajstić information content (AvgIpc) is 2.51. The van der Waals surface area contributed by atoms with Gasteiger partial charge < -0.3 is 0 Å². The molecule has 0 atom stereocenters. The first kappa shape index (κ1) is 13.2. The zero-order valence-electron chi connectivity index (χ0n) is 11.7. The zero-order valence-corrected chi connectivity index (χ0v) is 11.7. The van der Waals surface area contributed by atoms with Crippen molar-refractivity contribution in [3.05, 3.63) is 60.2 Å². The minimum Gasteiger partial charge on any atom is -0.297 e. The van der Waals surface area contributed by atoms with Crippen LogP contribution in [0.15, 0.2) is 49.1 Å². The Bertz CT molecular complexity index is 457. The first-order valence-corrected chi connectivity index (χ1v) is 7.13. The van der Waals surface area contributed by atoms with E-state index in [2.05, 4.69) is 38.0 Å². The van der Waals surface area contributed by atoms with Crippen molar-refractivity contribution < 1.29 is 0 Å². The minimum absolute atomic E-state index is 1.01. The number of rotatable bonds is 4. The van der Waals surface area contributed by atoms with Crippen LogP contribution < -0.4 is 0 Å². The molecular formula is C16H20N4. The molecule has 4 heteroatoms. The van der Waals surface area contributed by atoms with Gasteiger partial charge in [0.25, 0.3) is 0 Å². The fourth-order valence-electron chi connectivity index (χ4n) is 2.60. The smallest absolute Gasteiger partial charge is 0.0312 e. The van der Waals surface area contributed by atoms with E-state index in [4.69, 9.17) is 0 Å². The molecular weight excluding hydrogens is 248 g/mol. The van der Waals surface area contributed by atoms with Crippen molar-refractivity contribution in [1.29, 1.82) is 0 Å². The Morgan fingerprint density at radius 1 is 0.750 bits per heavy atom. The molecule has 0 N–H and O–H groups in total. The highest BCUT2D eigenvalue weighted by atomic mass is 15.3. The van der Waals surface area contributed by atoms with Crippen LogP contribution in [0.4, 0.5) is 0 Å². The topological polar surface area (TPSA) is 32.3 Å². The molecule has 0 saturated carbocycles. The molecule has 20 heavy (non-hydrogen) atoms. The lowest BCUT2D eigenvalue weighted by Gasteiger charge is -2.34. The quantitative estimate of drug-likeness (QED) is 0.846. The van der Waals surface area contributed by atoms with Crippen LogP contribution in [-0.4, -0.2) is 45.9 Å². The van der Waals surface area contributed by atoms with Crippen molar-refractivity contribution in [1.82, 2.24) is 19.8 Å². The maximum absolute atomic E-state index is 4.18. The maximum Gasteiger partial charge on any atom is 0.0312 e. The van der Waals surface area contributed by atoms with Gasteiger partial charge in [0.1, 0.15) is 0 Å². The molecule has 1 saturated heterocycles. The lowest BCUT2D eigenvalue weighted by molar-refractivity contribution is 0.122. The average molecular weight is 268 g/mol. The van der Waals surface area contributed by atoms with E-state index in [0.717, 1.165) is 39.3 Å². The number of nitrogens with zero attached hydrogens (tertiary/aromatic N) is 4. The van der Waals surface area contributed by atoms with Gasteiger partial charge in [0.05, 0.1) is 0 Å². The van der Waals surface area contributed by atoms with Crippen LogP contribution >= 0.6 is 0 Å². The van der Waals surface area contributed by atoms with E-state index >= 15 is 0 Å². The van der Waals surface area contributed by atoms with Crippen LogP contribution in [0, 0.1) is 0 Å². The van der Waals surface area contributed by atoms with Gasteiger partial charge >= 0.3 is 0 Å². The molecule has 2 aromatic heterocycles. The Hall–Kier alpha value is -1.78. The van der Waals surface area contributed by atoms with Gasteiger partial charge in [-0.05, 0) is 29.3 Å². The van der Waals surface area contributed by atoms with Crippen LogP contribution in [-0.2, 0) is 13.1 Å². The fourth-order valence-corrected chi connectivity index (χ4v) is 2.60. The molecule has 0 spiro atoms. The second-order valence-corrected chi connectivity index (χ2v) is 5.27. The monoisotopic (exact) mass is 268 g/mol. The first-order valence-electron chi connectivity index (χ1n) is 7.13. The predicted octanol–water partition coefficient (Wildman–Crippen LogP) is 1.79. The van der Waals surface area contributed by atoms with E-state index < -0.39 is 0 Å². The van der Waals surface area contributed by atoms with Crippen molar-refractivity contribution in [2.24, 2.45) is 0 Å². The number of hydrogen-bond acceptors (Lipinski definition) is 4. The van der Waals surface area contributed by atoms with Gasteiger partial charge in [0, 0.05) is 64.1 Å². The Morgan fingerprint density at radius 3 is 2.00 bits per heavy atom. The molecule has 0 aliphatic carbocycles. The van der Waals surface area contributed by atoms with E-state index in [1.54, 1.807) is 0 Å². The van der Waals surface area contributed by atoms with Crippen LogP contribution in [0.2, 0.25) is 0 Å². The van der Waals surface area contributed by atoms with Gasteiger partial charge in [0.2, 0.25) is 0 Å². The number of hydrogen-bond donors (Lipinski definition) is 0. The van der Waals surface area contributed by atoms with Crippen LogP contribution in [0.25, 0.3) is 0 Å². The molecule has 0 unspecified atom stereocenters. The standard InChI is InChI=1S/C16H20N4/c1-2-16(12-18-5-1)14-20-10-8-19(9-11-20)13-15-3-6-17-7-4-15/h1-7,12H,8-11,13-14H2. The summed E-state index contributed by atoms with van der Waals surface area (Å²) in [5.41, 5.74) is 2.65. The summed E-state index contributed by atoms with van der Waals surface area (Å²) >= 11 is 0. The number of pyridine rings is 2. The third kappa shape index (κ3) is 3.62. The Labute approximate surface area is 120 Å². The molecule has 1 fully saturated rings. The highest BCUT2D eigenvalue weighted by molar-refractivity contribution is 5.10. The van der Waals surface area contributed by atoms with Crippen molar-refractivity contribution in [2.75, 3.05) is 26.2 Å². The Kier molecular flexibility index (Phi) is 4.35. The van der Waals surface area contributed by atoms with Gasteiger partial charge in [-0.15, -0.1) is 0 Å². The second kappa shape index (κ2) is 6.59. The van der Waals surface area contributed by atoms with E-state index in [1.807, 2.05) is 30.9 Å². The second-order valence-electron chi connectivity index (χ2n) is 5.27. The van der Waals surface area contributed by atoms with Gasteiger partial charge in [-0.1, -0.05) is 6.07 Å². The SMILES string of the molecule is c1cncc(CN2CCN(Cc3ccncc3)CC2)c1. The number of piperazine rings is 1. The maximum atomic E-state index is 4.18. The van der Waals surface area contributed by atoms with Crippen molar-refractivity contribution in [3.63, 3.8) is 0 Å². The summed E-state index contributed by atoms with van der Waals surface area (Å²) in [6, 6.07) is 8.36. The molecule has 2 aromatic rings. The highest BCUT2D eigenvalue weighted by Crippen LogP contribution is 2.10. The summed E-state index contributed by atoms with van der Waals surface area (Å²) in [6.45, 7) is 6.55. The Morgan fingerprint density at radius 2 is 1.40 bits per heavy atom. The largest absolute Gasteiger partial charge is 0.297 e. The molecule has 3 heterocycles. The molecule has 0 bridgehead atoms. The van der Waals surface area contributed by atoms with Crippen LogP contribution in [0.5, 0.6) is 0 Å². The molecule has 104 valence electrons. The Balaban J connectivity index is 1.47. The molecule has 0 radical (unpaired) electrons. The van der Waals surface area contributed by atoms with Gasteiger partial charge in [-0.3, -0.25) is 19.8 Å². The molecule has 1 aliphatic rings. The molecule has 4 nitrogen and oxygen atoms in total. The minimum atomic E-state index is 1.01. The summed E-state index contributed by atoms with van der Waals surface area (Å²) in [7, 11) is 0. The fraction of sp³-hybridized carbons (Fsp3) is 0.375. The third-order valence-corrected chi connectivity index (χ3v) is 3.75. The summed E-state index contributed by atoms with van der Waals surface area (Å²) in [5, 5.41) is 0. The predicted molar refractivity (Wildman–Crippen MR) is 79.0 cm³/mol. The lowest BCUT2D eigenvalue weighted by atomic mass is 10.2. The van der Waals surface area contributed by atoms with E-state index in [1.165, 1.54) is 11.1 Å². The van der Waals surface area contributed by atoms with Crippen molar-refractivity contribution >= 4 is 0 Å². The van der Waals surface area contributed by atoms with Gasteiger partial charge in [0.15, 0.2) is 0 Å². The van der Waals surface area contributed by atoms with Gasteiger partial charge in [-0.25, -0.2) is 0 Å². The van der Waals surface area contributed by atoms with Crippen LogP contribution in [0.3, 0.4) is 0 Å². The third-order valence-electron chi connectivity index (χ3n) is 3.75. The summed E-state index contributed by atoms with van der Waals surface area (Å²) < 4.78 is 0. The van der Waals surface area contributed by atoms with Crippen LogP contribution in [0.1, 0.15) is 11.1 Å². The molecule has 1 aliphatic heterocycles. The summed E-state index contributed by atoms with van der Waals surface area (Å²) in [6.07, 6.45) is 7.53. The van der Waals surface area contributed by atoms with E-state index in [0.29, 0.717) is 0 Å². The van der Waals surface area contributed by atoms with Crippen molar-refractivity contribution in [2.45, 2.75) is 13.1 Å². The van der Waals surface area contributed by atoms with Gasteiger partial charge in [-0.2, -0.15) is 0 Å². The normalized spacial score (nSPS) is 17.2. The first-order chi connectivity index (χ1) is 9.90. The van der Waals surface area contributed by atoms with E-state index in [-0.39, 0.29) is 0 Å². The number of aromatic nitrogens is 2. The molecule has 3 rings (SSSR count). The zero-order chi connectivity index (χ0) is 13.6. The molecule has 0 amide bonds.